The van der Waals surface area contributed by atoms with E-state index in [0.29, 0.717) is 17.9 Å². The van der Waals surface area contributed by atoms with E-state index in [1.807, 2.05) is 0 Å². The number of ether oxygens (including phenoxy) is 1. The van der Waals surface area contributed by atoms with Crippen LogP contribution in [0.4, 0.5) is 0 Å². The monoisotopic (exact) mass is 255 g/mol. The molecule has 1 fully saturated rings. The van der Waals surface area contributed by atoms with Gasteiger partial charge in [0.15, 0.2) is 0 Å². The Balaban J connectivity index is 2.53. The summed E-state index contributed by atoms with van der Waals surface area (Å²) in [4.78, 5) is 0. The maximum Gasteiger partial charge on any atom is 0.0665 e. The van der Waals surface area contributed by atoms with E-state index in [-0.39, 0.29) is 11.2 Å². The van der Waals surface area contributed by atoms with Crippen LogP contribution in [0.2, 0.25) is 0 Å². The molecule has 0 radical (unpaired) electrons. The minimum absolute atomic E-state index is 0.0212. The first kappa shape index (κ1) is 16.0. The third-order valence-electron chi connectivity index (χ3n) is 4.30. The molecule has 1 saturated heterocycles. The van der Waals surface area contributed by atoms with Crippen LogP contribution in [0.5, 0.6) is 0 Å². The zero-order valence-electron chi connectivity index (χ0n) is 13.5. The Kier molecular flexibility index (Phi) is 5.25. The van der Waals surface area contributed by atoms with Gasteiger partial charge in [-0.25, -0.2) is 0 Å². The fourth-order valence-electron chi connectivity index (χ4n) is 3.69. The van der Waals surface area contributed by atoms with Gasteiger partial charge < -0.3 is 10.1 Å². The molecule has 0 bridgehead atoms. The molecule has 3 unspecified atom stereocenters. The first-order chi connectivity index (χ1) is 8.18. The molecule has 1 aliphatic rings. The molecule has 0 aliphatic carbocycles. The summed E-state index contributed by atoms with van der Waals surface area (Å²) in [6, 6.07) is 0.611. The predicted molar refractivity (Wildman–Crippen MR) is 78.9 cm³/mol. The van der Waals surface area contributed by atoms with Gasteiger partial charge in [0.2, 0.25) is 0 Å². The van der Waals surface area contributed by atoms with E-state index in [1.165, 1.54) is 19.3 Å². The molecule has 0 aromatic heterocycles. The average Bonchev–Trinajstić information content (AvgIpc) is 2.43. The molecule has 108 valence electrons. The fourth-order valence-corrected chi connectivity index (χ4v) is 3.69. The van der Waals surface area contributed by atoms with E-state index in [1.54, 1.807) is 0 Å². The summed E-state index contributed by atoms with van der Waals surface area (Å²) < 4.78 is 6.21. The molecule has 0 aromatic carbocycles. The minimum Gasteiger partial charge on any atom is -0.369 e. The van der Waals surface area contributed by atoms with Crippen molar-refractivity contribution in [3.8, 4) is 0 Å². The number of hydrogen-bond acceptors (Lipinski definition) is 2. The van der Waals surface area contributed by atoms with Crippen molar-refractivity contribution < 1.29 is 4.74 Å². The van der Waals surface area contributed by atoms with Crippen molar-refractivity contribution in [1.29, 1.82) is 0 Å². The standard InChI is InChI=1S/C16H33NO/c1-8-9-17-13(3)10-12(2)14-11-15(4,5)18-16(14,6)7/h12-14,17H,8-11H2,1-7H3. The van der Waals surface area contributed by atoms with Gasteiger partial charge in [-0.2, -0.15) is 0 Å². The predicted octanol–water partition coefficient (Wildman–Crippen LogP) is 3.99. The maximum atomic E-state index is 6.21. The zero-order valence-corrected chi connectivity index (χ0v) is 13.5. The number of nitrogens with one attached hydrogen (secondary N) is 1. The normalized spacial score (nSPS) is 29.2. The Morgan fingerprint density at radius 2 is 1.83 bits per heavy atom. The summed E-state index contributed by atoms with van der Waals surface area (Å²) in [7, 11) is 0. The van der Waals surface area contributed by atoms with Crippen LogP contribution in [0.1, 0.15) is 67.7 Å². The van der Waals surface area contributed by atoms with Gasteiger partial charge in [0.25, 0.3) is 0 Å². The minimum atomic E-state index is 0.0212. The Bertz CT molecular complexity index is 260. The molecule has 1 heterocycles. The van der Waals surface area contributed by atoms with E-state index in [9.17, 15) is 0 Å². The van der Waals surface area contributed by atoms with Gasteiger partial charge in [0, 0.05) is 6.04 Å². The molecule has 2 nitrogen and oxygen atoms in total. The smallest absolute Gasteiger partial charge is 0.0665 e. The lowest BCUT2D eigenvalue weighted by Gasteiger charge is -2.32. The molecule has 0 aromatic rings. The Morgan fingerprint density at radius 1 is 1.22 bits per heavy atom. The summed E-state index contributed by atoms with van der Waals surface area (Å²) in [5, 5.41) is 3.59. The highest BCUT2D eigenvalue weighted by molar-refractivity contribution is 4.96. The molecule has 0 spiro atoms. The Labute approximate surface area is 114 Å². The summed E-state index contributed by atoms with van der Waals surface area (Å²) in [6.45, 7) is 17.0. The van der Waals surface area contributed by atoms with Crippen molar-refractivity contribution in [2.75, 3.05) is 6.54 Å². The largest absolute Gasteiger partial charge is 0.369 e. The Morgan fingerprint density at radius 3 is 2.28 bits per heavy atom. The quantitative estimate of drug-likeness (QED) is 0.774. The lowest BCUT2D eigenvalue weighted by Crippen LogP contribution is -2.36. The lowest BCUT2D eigenvalue weighted by molar-refractivity contribution is -0.0797. The van der Waals surface area contributed by atoms with Crippen molar-refractivity contribution in [2.24, 2.45) is 11.8 Å². The summed E-state index contributed by atoms with van der Waals surface area (Å²) >= 11 is 0. The molecule has 18 heavy (non-hydrogen) atoms. The summed E-state index contributed by atoms with van der Waals surface area (Å²) in [6.07, 6.45) is 3.64. The van der Waals surface area contributed by atoms with Crippen LogP contribution in [0.25, 0.3) is 0 Å². The average molecular weight is 255 g/mol. The second kappa shape index (κ2) is 5.92. The van der Waals surface area contributed by atoms with Crippen LogP contribution in [-0.4, -0.2) is 23.8 Å². The van der Waals surface area contributed by atoms with E-state index in [4.69, 9.17) is 4.74 Å². The van der Waals surface area contributed by atoms with Crippen LogP contribution in [-0.2, 0) is 4.74 Å². The molecule has 0 amide bonds. The van der Waals surface area contributed by atoms with E-state index < -0.39 is 0 Å². The number of hydrogen-bond donors (Lipinski definition) is 1. The van der Waals surface area contributed by atoms with Crippen LogP contribution in [0.15, 0.2) is 0 Å². The van der Waals surface area contributed by atoms with Gasteiger partial charge in [0.1, 0.15) is 0 Å². The molecule has 1 aliphatic heterocycles. The third kappa shape index (κ3) is 4.24. The van der Waals surface area contributed by atoms with Gasteiger partial charge in [-0.05, 0) is 72.3 Å². The van der Waals surface area contributed by atoms with E-state index in [0.717, 1.165) is 6.54 Å². The molecule has 1 N–H and O–H groups in total. The van der Waals surface area contributed by atoms with E-state index >= 15 is 0 Å². The molecular formula is C16H33NO. The molecule has 3 atom stereocenters. The van der Waals surface area contributed by atoms with Crippen molar-refractivity contribution >= 4 is 0 Å². The van der Waals surface area contributed by atoms with Crippen molar-refractivity contribution in [1.82, 2.24) is 5.32 Å². The number of rotatable bonds is 6. The maximum absolute atomic E-state index is 6.21. The highest BCUT2D eigenvalue weighted by atomic mass is 16.5. The lowest BCUT2D eigenvalue weighted by atomic mass is 9.76. The molecular weight excluding hydrogens is 222 g/mol. The first-order valence-electron chi connectivity index (χ1n) is 7.61. The topological polar surface area (TPSA) is 21.3 Å². The summed E-state index contributed by atoms with van der Waals surface area (Å²) in [5.74, 6) is 1.37. The van der Waals surface area contributed by atoms with Gasteiger partial charge in [-0.3, -0.25) is 0 Å². The Hall–Kier alpha value is -0.0800. The van der Waals surface area contributed by atoms with Gasteiger partial charge in [0.05, 0.1) is 11.2 Å². The second-order valence-electron chi connectivity index (χ2n) is 7.34. The van der Waals surface area contributed by atoms with Gasteiger partial charge in [-0.1, -0.05) is 13.8 Å². The van der Waals surface area contributed by atoms with Crippen LogP contribution in [0.3, 0.4) is 0 Å². The highest BCUT2D eigenvalue weighted by Crippen LogP contribution is 2.46. The SMILES string of the molecule is CCCNC(C)CC(C)C1CC(C)(C)OC1(C)C. The third-order valence-corrected chi connectivity index (χ3v) is 4.30. The zero-order chi connectivity index (χ0) is 14.0. The molecule has 2 heteroatoms. The summed E-state index contributed by atoms with van der Waals surface area (Å²) in [5.41, 5.74) is 0.0654. The van der Waals surface area contributed by atoms with Gasteiger partial charge >= 0.3 is 0 Å². The molecule has 0 saturated carbocycles. The molecule has 1 rings (SSSR count). The fraction of sp³-hybridized carbons (Fsp3) is 1.00. The van der Waals surface area contributed by atoms with Crippen LogP contribution >= 0.6 is 0 Å². The second-order valence-corrected chi connectivity index (χ2v) is 7.34. The van der Waals surface area contributed by atoms with Crippen LogP contribution in [0, 0.1) is 11.8 Å². The van der Waals surface area contributed by atoms with Crippen molar-refractivity contribution in [3.05, 3.63) is 0 Å². The van der Waals surface area contributed by atoms with Crippen molar-refractivity contribution in [2.45, 2.75) is 85.0 Å². The first-order valence-corrected chi connectivity index (χ1v) is 7.61. The van der Waals surface area contributed by atoms with Crippen LogP contribution < -0.4 is 5.32 Å². The van der Waals surface area contributed by atoms with E-state index in [2.05, 4.69) is 53.8 Å². The van der Waals surface area contributed by atoms with Gasteiger partial charge in [-0.15, -0.1) is 0 Å². The highest BCUT2D eigenvalue weighted by Gasteiger charge is 2.47. The van der Waals surface area contributed by atoms with Crippen molar-refractivity contribution in [3.63, 3.8) is 0 Å².